The van der Waals surface area contributed by atoms with Crippen LogP contribution in [0.3, 0.4) is 0 Å². The summed E-state index contributed by atoms with van der Waals surface area (Å²) in [6.07, 6.45) is 0.798. The molecule has 0 atom stereocenters. The van der Waals surface area contributed by atoms with Crippen LogP contribution in [0, 0.1) is 23.0 Å². The van der Waals surface area contributed by atoms with Gasteiger partial charge in [-0.05, 0) is 36.2 Å². The molecule has 0 aliphatic heterocycles. The van der Waals surface area contributed by atoms with Gasteiger partial charge in [-0.2, -0.15) is 5.26 Å². The molecule has 0 amide bonds. The molecule has 0 saturated carbocycles. The molecule has 0 bridgehead atoms. The van der Waals surface area contributed by atoms with Crippen LogP contribution in [0.15, 0.2) is 36.4 Å². The first-order chi connectivity index (χ1) is 10.1. The highest BCUT2D eigenvalue weighted by molar-refractivity contribution is 5.50. The molecule has 3 N–H and O–H groups in total. The first-order valence-electron chi connectivity index (χ1n) is 6.55. The molecule has 21 heavy (non-hydrogen) atoms. The van der Waals surface area contributed by atoms with Gasteiger partial charge in [0, 0.05) is 6.54 Å². The number of nitrogens with one attached hydrogen (secondary N) is 1. The maximum absolute atomic E-state index is 13.7. The standard InChI is InChI=1S/C16H15F2N3/c17-14-7-13(9-20)8-15(18)16(14)21-10-12-3-1-11(2-4-12)5-6-19/h1-4,7-8,21H,5-6,10,19H2. The van der Waals surface area contributed by atoms with Crippen molar-refractivity contribution in [2.45, 2.75) is 13.0 Å². The van der Waals surface area contributed by atoms with Gasteiger partial charge in [0.05, 0.1) is 11.6 Å². The van der Waals surface area contributed by atoms with Gasteiger partial charge in [-0.1, -0.05) is 24.3 Å². The highest BCUT2D eigenvalue weighted by Crippen LogP contribution is 2.21. The van der Waals surface area contributed by atoms with E-state index in [-0.39, 0.29) is 11.3 Å². The second-order valence-corrected chi connectivity index (χ2v) is 4.64. The van der Waals surface area contributed by atoms with E-state index in [0.717, 1.165) is 29.7 Å². The maximum atomic E-state index is 13.7. The molecule has 0 heterocycles. The van der Waals surface area contributed by atoms with Gasteiger partial charge in [0.25, 0.3) is 0 Å². The van der Waals surface area contributed by atoms with Gasteiger partial charge in [0.1, 0.15) is 5.69 Å². The smallest absolute Gasteiger partial charge is 0.150 e. The molecule has 0 aliphatic rings. The van der Waals surface area contributed by atoms with Gasteiger partial charge in [-0.15, -0.1) is 0 Å². The van der Waals surface area contributed by atoms with Crippen LogP contribution in [0.2, 0.25) is 0 Å². The summed E-state index contributed by atoms with van der Waals surface area (Å²) < 4.78 is 27.4. The van der Waals surface area contributed by atoms with E-state index in [1.807, 2.05) is 24.3 Å². The van der Waals surface area contributed by atoms with Gasteiger partial charge >= 0.3 is 0 Å². The molecule has 2 aromatic rings. The minimum atomic E-state index is -0.772. The minimum Gasteiger partial charge on any atom is -0.376 e. The molecule has 0 spiro atoms. The van der Waals surface area contributed by atoms with Crippen molar-refractivity contribution >= 4 is 5.69 Å². The van der Waals surface area contributed by atoms with Crippen molar-refractivity contribution in [3.05, 3.63) is 64.7 Å². The van der Waals surface area contributed by atoms with E-state index in [1.54, 1.807) is 6.07 Å². The van der Waals surface area contributed by atoms with Crippen LogP contribution in [0.5, 0.6) is 0 Å². The predicted octanol–water partition coefficient (Wildman–Crippen LogP) is 2.95. The van der Waals surface area contributed by atoms with E-state index >= 15 is 0 Å². The third kappa shape index (κ3) is 3.77. The normalized spacial score (nSPS) is 10.2. The van der Waals surface area contributed by atoms with Gasteiger partial charge in [0.15, 0.2) is 11.6 Å². The lowest BCUT2D eigenvalue weighted by Gasteiger charge is -2.10. The van der Waals surface area contributed by atoms with Crippen LogP contribution in [0.25, 0.3) is 0 Å². The van der Waals surface area contributed by atoms with E-state index < -0.39 is 11.6 Å². The lowest BCUT2D eigenvalue weighted by Crippen LogP contribution is -2.05. The fourth-order valence-corrected chi connectivity index (χ4v) is 1.99. The SMILES string of the molecule is N#Cc1cc(F)c(NCc2ccc(CCN)cc2)c(F)c1. The van der Waals surface area contributed by atoms with Crippen LogP contribution < -0.4 is 11.1 Å². The molecule has 0 radical (unpaired) electrons. The van der Waals surface area contributed by atoms with Gasteiger partial charge in [-0.25, -0.2) is 8.78 Å². The Kier molecular flexibility index (Phi) is 4.85. The number of hydrogen-bond acceptors (Lipinski definition) is 3. The third-order valence-electron chi connectivity index (χ3n) is 3.10. The molecule has 2 rings (SSSR count). The molecule has 5 heteroatoms. The topological polar surface area (TPSA) is 61.8 Å². The Balaban J connectivity index is 2.08. The molecule has 0 unspecified atom stereocenters. The molecular formula is C16H15F2N3. The molecule has 3 nitrogen and oxygen atoms in total. The minimum absolute atomic E-state index is 0.0401. The monoisotopic (exact) mass is 287 g/mol. The molecule has 0 saturated heterocycles. The van der Waals surface area contributed by atoms with E-state index in [1.165, 1.54) is 0 Å². The maximum Gasteiger partial charge on any atom is 0.150 e. The van der Waals surface area contributed by atoms with Gasteiger partial charge in [0.2, 0.25) is 0 Å². The van der Waals surface area contributed by atoms with Gasteiger partial charge in [-0.3, -0.25) is 0 Å². The summed E-state index contributed by atoms with van der Waals surface area (Å²) in [5.41, 5.74) is 7.23. The molecule has 2 aromatic carbocycles. The number of anilines is 1. The highest BCUT2D eigenvalue weighted by Gasteiger charge is 2.10. The Morgan fingerprint density at radius 1 is 1.05 bits per heavy atom. The van der Waals surface area contributed by atoms with Crippen molar-refractivity contribution in [3.8, 4) is 6.07 Å². The fourth-order valence-electron chi connectivity index (χ4n) is 1.99. The Morgan fingerprint density at radius 3 is 2.14 bits per heavy atom. The Bertz CT molecular complexity index is 637. The number of rotatable bonds is 5. The summed E-state index contributed by atoms with van der Waals surface area (Å²) in [4.78, 5) is 0. The molecule has 0 aromatic heterocycles. The summed E-state index contributed by atoms with van der Waals surface area (Å²) in [5, 5.41) is 11.4. The van der Waals surface area contributed by atoms with Crippen molar-refractivity contribution in [2.75, 3.05) is 11.9 Å². The molecular weight excluding hydrogens is 272 g/mol. The van der Waals surface area contributed by atoms with Crippen molar-refractivity contribution in [2.24, 2.45) is 5.73 Å². The summed E-state index contributed by atoms with van der Waals surface area (Å²) in [5.74, 6) is -1.54. The Labute approximate surface area is 122 Å². The summed E-state index contributed by atoms with van der Waals surface area (Å²) in [6, 6.07) is 11.4. The van der Waals surface area contributed by atoms with Crippen molar-refractivity contribution in [3.63, 3.8) is 0 Å². The van der Waals surface area contributed by atoms with Crippen molar-refractivity contribution in [1.29, 1.82) is 5.26 Å². The Morgan fingerprint density at radius 2 is 1.62 bits per heavy atom. The first-order valence-corrected chi connectivity index (χ1v) is 6.55. The van der Waals surface area contributed by atoms with Crippen molar-refractivity contribution < 1.29 is 8.78 Å². The fraction of sp³-hybridized carbons (Fsp3) is 0.188. The van der Waals surface area contributed by atoms with E-state index in [2.05, 4.69) is 5.32 Å². The first kappa shape index (κ1) is 14.9. The predicted molar refractivity (Wildman–Crippen MR) is 77.6 cm³/mol. The van der Waals surface area contributed by atoms with Crippen LogP contribution in [0.1, 0.15) is 16.7 Å². The van der Waals surface area contributed by atoms with Crippen molar-refractivity contribution in [1.82, 2.24) is 0 Å². The van der Waals surface area contributed by atoms with E-state index in [4.69, 9.17) is 11.0 Å². The largest absolute Gasteiger partial charge is 0.376 e. The molecule has 0 fully saturated rings. The van der Waals surface area contributed by atoms with Crippen LogP contribution in [0.4, 0.5) is 14.5 Å². The lowest BCUT2D eigenvalue weighted by molar-refractivity contribution is 0.587. The average Bonchev–Trinajstić information content (AvgIpc) is 2.48. The average molecular weight is 287 g/mol. The van der Waals surface area contributed by atoms with Gasteiger partial charge < -0.3 is 11.1 Å². The third-order valence-corrected chi connectivity index (χ3v) is 3.10. The quantitative estimate of drug-likeness (QED) is 0.888. The van der Waals surface area contributed by atoms with E-state index in [0.29, 0.717) is 13.1 Å². The second-order valence-electron chi connectivity index (χ2n) is 4.64. The molecule has 108 valence electrons. The van der Waals surface area contributed by atoms with Crippen LogP contribution in [-0.2, 0) is 13.0 Å². The zero-order valence-corrected chi connectivity index (χ0v) is 11.4. The lowest BCUT2D eigenvalue weighted by atomic mass is 10.1. The summed E-state index contributed by atoms with van der Waals surface area (Å²) >= 11 is 0. The summed E-state index contributed by atoms with van der Waals surface area (Å²) in [7, 11) is 0. The zero-order valence-electron chi connectivity index (χ0n) is 11.4. The number of nitrogens with two attached hydrogens (primary N) is 1. The van der Waals surface area contributed by atoms with E-state index in [9.17, 15) is 8.78 Å². The number of benzene rings is 2. The number of hydrogen-bond donors (Lipinski definition) is 2. The Hall–Kier alpha value is -2.45. The number of nitriles is 1. The highest BCUT2D eigenvalue weighted by atomic mass is 19.1. The molecule has 0 aliphatic carbocycles. The van der Waals surface area contributed by atoms with Crippen LogP contribution in [-0.4, -0.2) is 6.54 Å². The zero-order chi connectivity index (χ0) is 15.2. The summed E-state index contributed by atoms with van der Waals surface area (Å²) in [6.45, 7) is 0.877. The second kappa shape index (κ2) is 6.82. The number of halogens is 2. The number of nitrogens with zero attached hydrogens (tertiary/aromatic N) is 1. The van der Waals surface area contributed by atoms with Crippen LogP contribution >= 0.6 is 0 Å².